The first kappa shape index (κ1) is 17.7. The van der Waals surface area contributed by atoms with Gasteiger partial charge in [0.15, 0.2) is 0 Å². The van der Waals surface area contributed by atoms with Gasteiger partial charge >= 0.3 is 0 Å². The van der Waals surface area contributed by atoms with Gasteiger partial charge in [-0.15, -0.1) is 0 Å². The molecule has 0 saturated carbocycles. The minimum absolute atomic E-state index is 0.264. The zero-order valence-corrected chi connectivity index (χ0v) is 15.0. The van der Waals surface area contributed by atoms with Gasteiger partial charge in [-0.3, -0.25) is 0 Å². The first-order chi connectivity index (χ1) is 13.8. The minimum Gasteiger partial charge on any atom is -0.489 e. The van der Waals surface area contributed by atoms with Crippen molar-refractivity contribution >= 4 is 5.95 Å². The van der Waals surface area contributed by atoms with Gasteiger partial charge in [0.1, 0.15) is 18.2 Å². The first-order valence-electron chi connectivity index (χ1n) is 8.82. The summed E-state index contributed by atoms with van der Waals surface area (Å²) < 4.78 is 20.6. The van der Waals surface area contributed by atoms with Crippen molar-refractivity contribution in [3.8, 4) is 11.4 Å². The summed E-state index contributed by atoms with van der Waals surface area (Å²) in [5.41, 5.74) is 2.73. The van der Waals surface area contributed by atoms with Gasteiger partial charge in [0.2, 0.25) is 5.95 Å². The van der Waals surface area contributed by atoms with Crippen LogP contribution in [0.3, 0.4) is 0 Å². The van der Waals surface area contributed by atoms with Gasteiger partial charge in [0.05, 0.1) is 5.69 Å². The lowest BCUT2D eigenvalue weighted by atomic mass is 10.2. The van der Waals surface area contributed by atoms with Crippen molar-refractivity contribution < 1.29 is 9.13 Å². The summed E-state index contributed by atoms with van der Waals surface area (Å²) in [5, 5.41) is 15.0. The van der Waals surface area contributed by atoms with E-state index in [1.807, 2.05) is 60.7 Å². The smallest absolute Gasteiger partial charge is 0.248 e. The highest BCUT2D eigenvalue weighted by molar-refractivity contribution is 5.39. The van der Waals surface area contributed by atoms with E-state index in [2.05, 4.69) is 20.8 Å². The maximum absolute atomic E-state index is 13.2. The average Bonchev–Trinajstić information content (AvgIpc) is 3.21. The Bertz CT molecular complexity index is 1030. The van der Waals surface area contributed by atoms with Gasteiger partial charge in [-0.2, -0.15) is 4.68 Å². The quantitative estimate of drug-likeness (QED) is 0.529. The number of anilines is 1. The lowest BCUT2D eigenvalue weighted by Gasteiger charge is -2.09. The van der Waals surface area contributed by atoms with Crippen molar-refractivity contribution in [2.45, 2.75) is 13.2 Å². The molecule has 0 radical (unpaired) electrons. The van der Waals surface area contributed by atoms with Gasteiger partial charge in [-0.1, -0.05) is 47.6 Å². The summed E-state index contributed by atoms with van der Waals surface area (Å²) in [4.78, 5) is 0. The van der Waals surface area contributed by atoms with E-state index >= 15 is 0 Å². The molecule has 0 aliphatic rings. The maximum Gasteiger partial charge on any atom is 0.248 e. The van der Waals surface area contributed by atoms with Crippen LogP contribution in [0.25, 0.3) is 5.69 Å². The second-order valence-electron chi connectivity index (χ2n) is 6.17. The van der Waals surface area contributed by atoms with Crippen LogP contribution < -0.4 is 10.1 Å². The molecule has 0 amide bonds. The van der Waals surface area contributed by atoms with Crippen molar-refractivity contribution in [2.75, 3.05) is 5.32 Å². The molecule has 0 spiro atoms. The molecule has 0 unspecified atom stereocenters. The lowest BCUT2D eigenvalue weighted by molar-refractivity contribution is 0.305. The highest BCUT2D eigenvalue weighted by atomic mass is 19.1. The van der Waals surface area contributed by atoms with Crippen molar-refractivity contribution in [1.29, 1.82) is 0 Å². The van der Waals surface area contributed by atoms with E-state index < -0.39 is 0 Å². The number of nitrogens with one attached hydrogen (secondary N) is 1. The van der Waals surface area contributed by atoms with E-state index in [0.717, 1.165) is 22.6 Å². The fraction of sp³-hybridized carbons (Fsp3) is 0.0952. The second-order valence-corrected chi connectivity index (χ2v) is 6.17. The number of aromatic nitrogens is 4. The molecular weight excluding hydrogens is 357 g/mol. The van der Waals surface area contributed by atoms with E-state index in [-0.39, 0.29) is 5.82 Å². The Morgan fingerprint density at radius 1 is 0.893 bits per heavy atom. The fourth-order valence-electron chi connectivity index (χ4n) is 2.72. The van der Waals surface area contributed by atoms with Crippen LogP contribution in [0.4, 0.5) is 10.3 Å². The van der Waals surface area contributed by atoms with Crippen LogP contribution in [0, 0.1) is 5.82 Å². The number of hydrogen-bond acceptors (Lipinski definition) is 5. The topological polar surface area (TPSA) is 64.9 Å². The van der Waals surface area contributed by atoms with E-state index in [1.165, 1.54) is 12.1 Å². The van der Waals surface area contributed by atoms with Gasteiger partial charge in [0.25, 0.3) is 0 Å². The number of para-hydroxylation sites is 1. The molecule has 0 bridgehead atoms. The standard InChI is InChI=1S/C21H18FN5O/c22-18-6-4-5-17(13-18)15-28-20-11-9-16(10-12-20)14-23-21-24-25-26-27(21)19-7-2-1-3-8-19/h1-13H,14-15H2,(H,23,24,26). The molecule has 0 atom stereocenters. The Morgan fingerprint density at radius 3 is 2.50 bits per heavy atom. The number of halogens is 1. The molecule has 7 heteroatoms. The Morgan fingerprint density at radius 2 is 1.71 bits per heavy atom. The SMILES string of the molecule is Fc1cccc(COc2ccc(CNc3nnnn3-c3ccccc3)cc2)c1. The van der Waals surface area contributed by atoms with Gasteiger partial charge in [-0.25, -0.2) is 4.39 Å². The second kappa shape index (κ2) is 8.30. The van der Waals surface area contributed by atoms with Crippen LogP contribution in [0.2, 0.25) is 0 Å². The van der Waals surface area contributed by atoms with Crippen molar-refractivity contribution in [2.24, 2.45) is 0 Å². The number of rotatable bonds is 7. The lowest BCUT2D eigenvalue weighted by Crippen LogP contribution is -2.07. The third-order valence-corrected chi connectivity index (χ3v) is 4.14. The van der Waals surface area contributed by atoms with Crippen LogP contribution in [0.1, 0.15) is 11.1 Å². The Hall–Kier alpha value is -3.74. The number of nitrogens with zero attached hydrogens (tertiary/aromatic N) is 4. The zero-order chi connectivity index (χ0) is 19.2. The molecule has 1 heterocycles. The molecule has 140 valence electrons. The average molecular weight is 375 g/mol. The van der Waals surface area contributed by atoms with Crippen LogP contribution >= 0.6 is 0 Å². The number of hydrogen-bond donors (Lipinski definition) is 1. The highest BCUT2D eigenvalue weighted by Gasteiger charge is 2.07. The molecule has 0 aliphatic heterocycles. The molecule has 0 aliphatic carbocycles. The van der Waals surface area contributed by atoms with Crippen molar-refractivity contribution in [1.82, 2.24) is 20.2 Å². The third kappa shape index (κ3) is 4.32. The van der Waals surface area contributed by atoms with E-state index in [4.69, 9.17) is 4.74 Å². The molecule has 6 nitrogen and oxygen atoms in total. The van der Waals surface area contributed by atoms with Gasteiger partial charge < -0.3 is 10.1 Å². The van der Waals surface area contributed by atoms with E-state index in [0.29, 0.717) is 19.1 Å². The molecule has 4 rings (SSSR count). The van der Waals surface area contributed by atoms with E-state index in [9.17, 15) is 4.39 Å². The molecule has 28 heavy (non-hydrogen) atoms. The summed E-state index contributed by atoms with van der Waals surface area (Å²) in [7, 11) is 0. The third-order valence-electron chi connectivity index (χ3n) is 4.14. The summed E-state index contributed by atoms with van der Waals surface area (Å²) in [6.07, 6.45) is 0. The summed E-state index contributed by atoms with van der Waals surface area (Å²) in [6, 6.07) is 23.8. The van der Waals surface area contributed by atoms with Gasteiger partial charge in [0, 0.05) is 6.54 Å². The van der Waals surface area contributed by atoms with E-state index in [1.54, 1.807) is 10.7 Å². The fourth-order valence-corrected chi connectivity index (χ4v) is 2.72. The monoisotopic (exact) mass is 375 g/mol. The van der Waals surface area contributed by atoms with Gasteiger partial charge in [-0.05, 0) is 58.0 Å². The first-order valence-corrected chi connectivity index (χ1v) is 8.82. The van der Waals surface area contributed by atoms with Crippen molar-refractivity contribution in [3.05, 3.63) is 95.8 Å². The summed E-state index contributed by atoms with van der Waals surface area (Å²) >= 11 is 0. The van der Waals surface area contributed by atoms with Crippen molar-refractivity contribution in [3.63, 3.8) is 0 Å². The predicted molar refractivity (Wildman–Crippen MR) is 104 cm³/mol. The molecule has 0 fully saturated rings. The number of benzene rings is 3. The zero-order valence-electron chi connectivity index (χ0n) is 15.0. The summed E-state index contributed by atoms with van der Waals surface area (Å²) in [6.45, 7) is 0.887. The van der Waals surface area contributed by atoms with Crippen LogP contribution in [0.5, 0.6) is 5.75 Å². The largest absolute Gasteiger partial charge is 0.489 e. The van der Waals surface area contributed by atoms with Crippen LogP contribution in [-0.2, 0) is 13.2 Å². The Kier molecular flexibility index (Phi) is 5.24. The molecule has 1 aromatic heterocycles. The van der Waals surface area contributed by atoms with Crippen LogP contribution in [-0.4, -0.2) is 20.2 Å². The normalized spacial score (nSPS) is 10.6. The molecule has 1 N–H and O–H groups in total. The predicted octanol–water partition coefficient (Wildman–Crippen LogP) is 3.99. The minimum atomic E-state index is -0.264. The number of tetrazole rings is 1. The van der Waals surface area contributed by atoms with Crippen LogP contribution in [0.15, 0.2) is 78.9 Å². The Labute approximate surface area is 161 Å². The molecule has 3 aromatic carbocycles. The molecule has 4 aromatic rings. The maximum atomic E-state index is 13.2. The summed E-state index contributed by atoms with van der Waals surface area (Å²) in [5.74, 6) is 1.03. The Balaban J connectivity index is 1.35. The number of ether oxygens (including phenoxy) is 1. The highest BCUT2D eigenvalue weighted by Crippen LogP contribution is 2.16. The molecular formula is C21H18FN5O. The molecule has 0 saturated heterocycles.